The summed E-state index contributed by atoms with van der Waals surface area (Å²) >= 11 is 0. The fourth-order valence-corrected chi connectivity index (χ4v) is 1.16. The monoisotopic (exact) mass is 172 g/mol. The maximum absolute atomic E-state index is 12.2. The highest BCUT2D eigenvalue weighted by molar-refractivity contribution is 5.43. The molecule has 1 nitrogen and oxygen atoms in total. The predicted octanol–water partition coefficient (Wildman–Crippen LogP) is 2.95. The molecule has 1 N–H and O–H groups in total. The molecule has 66 valence electrons. The van der Waals surface area contributed by atoms with Crippen LogP contribution in [0.4, 0.5) is 8.78 Å². The minimum Gasteiger partial charge on any atom is -0.507 e. The van der Waals surface area contributed by atoms with Crippen molar-refractivity contribution in [2.24, 2.45) is 0 Å². The minimum absolute atomic E-state index is 0.285. The maximum atomic E-state index is 12.2. The van der Waals surface area contributed by atoms with Gasteiger partial charge in [-0.3, -0.25) is 0 Å². The molecule has 1 rings (SSSR count). The van der Waals surface area contributed by atoms with E-state index in [9.17, 15) is 13.9 Å². The first-order chi connectivity index (χ1) is 5.52. The first kappa shape index (κ1) is 8.97. The van der Waals surface area contributed by atoms with Crippen LogP contribution >= 0.6 is 0 Å². The lowest BCUT2D eigenvalue weighted by Gasteiger charge is -2.07. The number of phenols is 1. The zero-order valence-electron chi connectivity index (χ0n) is 6.94. The van der Waals surface area contributed by atoms with Gasteiger partial charge in [0.15, 0.2) is 0 Å². The molecular formula is C9H10F2O. The molecule has 1 aromatic carbocycles. The quantitative estimate of drug-likeness (QED) is 0.690. The van der Waals surface area contributed by atoms with Crippen molar-refractivity contribution in [2.75, 3.05) is 0 Å². The number of aryl methyl sites for hydroxylation is 2. The van der Waals surface area contributed by atoms with Crippen LogP contribution in [0.15, 0.2) is 12.1 Å². The van der Waals surface area contributed by atoms with Gasteiger partial charge in [0.1, 0.15) is 5.75 Å². The molecule has 0 unspecified atom stereocenters. The lowest BCUT2D eigenvalue weighted by molar-refractivity contribution is 0.147. The fraction of sp³-hybridized carbons (Fsp3) is 0.333. The van der Waals surface area contributed by atoms with Crippen LogP contribution in [0.3, 0.4) is 0 Å². The summed E-state index contributed by atoms with van der Waals surface area (Å²) in [5, 5.41) is 9.21. The molecule has 0 saturated carbocycles. The van der Waals surface area contributed by atoms with Gasteiger partial charge in [-0.2, -0.15) is 0 Å². The van der Waals surface area contributed by atoms with E-state index in [2.05, 4.69) is 0 Å². The second-order valence-electron chi connectivity index (χ2n) is 2.82. The Balaban J connectivity index is 3.28. The Morgan fingerprint density at radius 2 is 1.83 bits per heavy atom. The second kappa shape index (κ2) is 3.09. The Kier molecular flexibility index (Phi) is 2.31. The van der Waals surface area contributed by atoms with Crippen molar-refractivity contribution in [1.82, 2.24) is 0 Å². The molecule has 0 aliphatic rings. The number of halogens is 2. The van der Waals surface area contributed by atoms with Crippen LogP contribution in [0.2, 0.25) is 0 Å². The summed E-state index contributed by atoms with van der Waals surface area (Å²) in [6.45, 7) is 3.33. The average Bonchev–Trinajstić information content (AvgIpc) is 1.96. The molecule has 0 radical (unpaired) electrons. The molecule has 0 bridgehead atoms. The van der Waals surface area contributed by atoms with Crippen LogP contribution in [0.25, 0.3) is 0 Å². The third kappa shape index (κ3) is 1.55. The summed E-state index contributed by atoms with van der Waals surface area (Å²) in [6.07, 6.45) is -2.61. The van der Waals surface area contributed by atoms with E-state index in [1.54, 1.807) is 19.9 Å². The number of rotatable bonds is 1. The lowest BCUT2D eigenvalue weighted by atomic mass is 10.1. The number of alkyl halides is 2. The molecule has 0 aliphatic carbocycles. The van der Waals surface area contributed by atoms with Crippen LogP contribution < -0.4 is 0 Å². The van der Waals surface area contributed by atoms with Gasteiger partial charge in [-0.1, -0.05) is 11.6 Å². The van der Waals surface area contributed by atoms with E-state index >= 15 is 0 Å². The van der Waals surface area contributed by atoms with Gasteiger partial charge < -0.3 is 5.11 Å². The molecule has 0 amide bonds. The van der Waals surface area contributed by atoms with Crippen LogP contribution in [0.5, 0.6) is 5.75 Å². The standard InChI is InChI=1S/C9H10F2O/c1-5-3-6(2)8(12)7(4-5)9(10)11/h3-4,9,12H,1-2H3. The summed E-state index contributed by atoms with van der Waals surface area (Å²) in [5.74, 6) is -0.296. The van der Waals surface area contributed by atoms with Crippen LogP contribution in [-0.2, 0) is 0 Å². The SMILES string of the molecule is Cc1cc(C)c(O)c(C(F)F)c1. The normalized spacial score (nSPS) is 10.8. The molecular weight excluding hydrogens is 162 g/mol. The summed E-state index contributed by atoms with van der Waals surface area (Å²) in [6, 6.07) is 2.97. The van der Waals surface area contributed by atoms with Crippen LogP contribution in [0, 0.1) is 13.8 Å². The molecule has 1 aromatic rings. The first-order valence-electron chi connectivity index (χ1n) is 3.60. The Bertz CT molecular complexity index is 295. The Hall–Kier alpha value is -1.12. The summed E-state index contributed by atoms with van der Waals surface area (Å²) < 4.78 is 24.5. The zero-order valence-corrected chi connectivity index (χ0v) is 6.94. The predicted molar refractivity (Wildman–Crippen MR) is 42.5 cm³/mol. The lowest BCUT2D eigenvalue weighted by Crippen LogP contribution is -1.89. The van der Waals surface area contributed by atoms with E-state index in [0.29, 0.717) is 5.56 Å². The van der Waals surface area contributed by atoms with Crippen molar-refractivity contribution in [3.8, 4) is 5.75 Å². The molecule has 12 heavy (non-hydrogen) atoms. The molecule has 0 heterocycles. The first-order valence-corrected chi connectivity index (χ1v) is 3.60. The highest BCUT2D eigenvalue weighted by Crippen LogP contribution is 2.31. The summed E-state index contributed by atoms with van der Waals surface area (Å²) in [4.78, 5) is 0. The van der Waals surface area contributed by atoms with Gasteiger partial charge in [0.25, 0.3) is 6.43 Å². The Morgan fingerprint density at radius 1 is 1.25 bits per heavy atom. The molecule has 0 atom stereocenters. The molecule has 3 heteroatoms. The summed E-state index contributed by atoms with van der Waals surface area (Å²) in [7, 11) is 0. The van der Waals surface area contributed by atoms with Gasteiger partial charge in [0, 0.05) is 0 Å². The minimum atomic E-state index is -2.61. The molecule has 0 aromatic heterocycles. The van der Waals surface area contributed by atoms with Crippen LogP contribution in [-0.4, -0.2) is 5.11 Å². The third-order valence-electron chi connectivity index (χ3n) is 1.71. The number of hydrogen-bond acceptors (Lipinski definition) is 1. The molecule has 0 spiro atoms. The molecule has 0 saturated heterocycles. The topological polar surface area (TPSA) is 20.2 Å². The van der Waals surface area contributed by atoms with Crippen molar-refractivity contribution >= 4 is 0 Å². The van der Waals surface area contributed by atoms with Gasteiger partial charge in [0.05, 0.1) is 5.56 Å². The van der Waals surface area contributed by atoms with Gasteiger partial charge in [-0.05, 0) is 25.5 Å². The van der Waals surface area contributed by atoms with Gasteiger partial charge in [0.2, 0.25) is 0 Å². The van der Waals surface area contributed by atoms with Crippen molar-refractivity contribution < 1.29 is 13.9 Å². The van der Waals surface area contributed by atoms with E-state index in [0.717, 1.165) is 5.56 Å². The van der Waals surface area contributed by atoms with Crippen molar-refractivity contribution in [1.29, 1.82) is 0 Å². The molecule has 0 fully saturated rings. The average molecular weight is 172 g/mol. The molecule has 0 aliphatic heterocycles. The van der Waals surface area contributed by atoms with Gasteiger partial charge in [-0.15, -0.1) is 0 Å². The zero-order chi connectivity index (χ0) is 9.30. The highest BCUT2D eigenvalue weighted by atomic mass is 19.3. The van der Waals surface area contributed by atoms with Gasteiger partial charge >= 0.3 is 0 Å². The largest absolute Gasteiger partial charge is 0.507 e. The Morgan fingerprint density at radius 3 is 2.33 bits per heavy atom. The van der Waals surface area contributed by atoms with E-state index in [1.807, 2.05) is 0 Å². The Labute approximate surface area is 69.7 Å². The number of phenolic OH excluding ortho intramolecular Hbond substituents is 1. The van der Waals surface area contributed by atoms with Crippen molar-refractivity contribution in [2.45, 2.75) is 20.3 Å². The number of aromatic hydroxyl groups is 1. The number of benzene rings is 1. The van der Waals surface area contributed by atoms with Gasteiger partial charge in [-0.25, -0.2) is 8.78 Å². The second-order valence-corrected chi connectivity index (χ2v) is 2.82. The van der Waals surface area contributed by atoms with Crippen LogP contribution in [0.1, 0.15) is 23.1 Å². The third-order valence-corrected chi connectivity index (χ3v) is 1.71. The van der Waals surface area contributed by atoms with E-state index in [4.69, 9.17) is 0 Å². The summed E-state index contributed by atoms with van der Waals surface area (Å²) in [5.41, 5.74) is 0.943. The smallest absolute Gasteiger partial charge is 0.267 e. The van der Waals surface area contributed by atoms with Crippen molar-refractivity contribution in [3.63, 3.8) is 0 Å². The van der Waals surface area contributed by atoms with E-state index < -0.39 is 6.43 Å². The number of hydrogen-bond donors (Lipinski definition) is 1. The maximum Gasteiger partial charge on any atom is 0.267 e. The van der Waals surface area contributed by atoms with E-state index in [-0.39, 0.29) is 11.3 Å². The fourth-order valence-electron chi connectivity index (χ4n) is 1.16. The highest BCUT2D eigenvalue weighted by Gasteiger charge is 2.14. The van der Waals surface area contributed by atoms with E-state index in [1.165, 1.54) is 6.07 Å². The van der Waals surface area contributed by atoms with Crippen molar-refractivity contribution in [3.05, 3.63) is 28.8 Å².